The van der Waals surface area contributed by atoms with E-state index in [-0.39, 0.29) is 0 Å². The summed E-state index contributed by atoms with van der Waals surface area (Å²) in [5.41, 5.74) is 2.10. The first-order valence-corrected chi connectivity index (χ1v) is 8.31. The van der Waals surface area contributed by atoms with Gasteiger partial charge in [-0.1, -0.05) is 0 Å². The van der Waals surface area contributed by atoms with Gasteiger partial charge >= 0.3 is 0 Å². The third-order valence-electron chi connectivity index (χ3n) is 3.80. The fourth-order valence-electron chi connectivity index (χ4n) is 2.43. The summed E-state index contributed by atoms with van der Waals surface area (Å²) in [7, 11) is 0. The second-order valence-corrected chi connectivity index (χ2v) is 6.50. The van der Waals surface area contributed by atoms with Crippen LogP contribution < -0.4 is 14.8 Å². The monoisotopic (exact) mass is 302 g/mol. The van der Waals surface area contributed by atoms with Gasteiger partial charge in [0.25, 0.3) is 0 Å². The van der Waals surface area contributed by atoms with Gasteiger partial charge in [0, 0.05) is 17.5 Å². The molecule has 2 aliphatic rings. The van der Waals surface area contributed by atoms with Gasteiger partial charge in [0.2, 0.25) is 0 Å². The molecule has 1 aromatic heterocycles. The quantitative estimate of drug-likeness (QED) is 0.922. The van der Waals surface area contributed by atoms with Crippen LogP contribution in [0.2, 0.25) is 0 Å². The molecule has 110 valence electrons. The van der Waals surface area contributed by atoms with Crippen molar-refractivity contribution < 1.29 is 9.47 Å². The average Bonchev–Trinajstić information content (AvgIpc) is 3.23. The van der Waals surface area contributed by atoms with E-state index < -0.39 is 0 Å². The lowest BCUT2D eigenvalue weighted by atomic mass is 10.1. The number of nitrogens with zero attached hydrogens (tertiary/aromatic N) is 1. The maximum atomic E-state index is 5.63. The third-order valence-corrected chi connectivity index (χ3v) is 4.64. The van der Waals surface area contributed by atoms with E-state index >= 15 is 0 Å². The minimum Gasteiger partial charge on any atom is -0.486 e. The molecule has 4 nitrogen and oxygen atoms in total. The standard InChI is InChI=1S/C16H18N2O2S/c1-2-11(1)8-17-9-16-18-13(10-21-16)12-3-4-14-15(7-12)20-6-5-19-14/h3-4,7,10-11,17H,1-2,5-6,8-9H2. The van der Waals surface area contributed by atoms with Crippen molar-refractivity contribution in [1.82, 2.24) is 10.3 Å². The smallest absolute Gasteiger partial charge is 0.162 e. The summed E-state index contributed by atoms with van der Waals surface area (Å²) in [6.45, 7) is 3.23. The molecule has 21 heavy (non-hydrogen) atoms. The van der Waals surface area contributed by atoms with Gasteiger partial charge in [-0.3, -0.25) is 0 Å². The lowest BCUT2D eigenvalue weighted by molar-refractivity contribution is 0.171. The molecule has 0 amide bonds. The number of nitrogens with one attached hydrogen (secondary N) is 1. The fourth-order valence-corrected chi connectivity index (χ4v) is 3.21. The minimum absolute atomic E-state index is 0.615. The molecule has 4 rings (SSSR count). The summed E-state index contributed by atoms with van der Waals surface area (Å²) >= 11 is 1.71. The molecular weight excluding hydrogens is 284 g/mol. The van der Waals surface area contributed by atoms with E-state index in [0.717, 1.165) is 46.8 Å². The van der Waals surface area contributed by atoms with E-state index in [9.17, 15) is 0 Å². The number of hydrogen-bond donors (Lipinski definition) is 1. The van der Waals surface area contributed by atoms with Crippen molar-refractivity contribution in [3.8, 4) is 22.8 Å². The van der Waals surface area contributed by atoms with E-state index in [2.05, 4.69) is 10.7 Å². The van der Waals surface area contributed by atoms with E-state index in [4.69, 9.17) is 14.5 Å². The molecule has 0 radical (unpaired) electrons. The zero-order valence-corrected chi connectivity index (χ0v) is 12.6. The predicted octanol–water partition coefficient (Wildman–Crippen LogP) is 3.08. The van der Waals surface area contributed by atoms with Crippen molar-refractivity contribution in [2.45, 2.75) is 19.4 Å². The molecule has 1 fully saturated rings. The van der Waals surface area contributed by atoms with E-state index in [1.54, 1.807) is 11.3 Å². The summed E-state index contributed by atoms with van der Waals surface area (Å²) in [6.07, 6.45) is 2.76. The van der Waals surface area contributed by atoms with Crippen LogP contribution in [0.1, 0.15) is 17.8 Å². The summed E-state index contributed by atoms with van der Waals surface area (Å²) in [5, 5.41) is 6.73. The number of hydrogen-bond acceptors (Lipinski definition) is 5. The van der Waals surface area contributed by atoms with Gasteiger partial charge in [-0.25, -0.2) is 4.98 Å². The van der Waals surface area contributed by atoms with Crippen LogP contribution in [0.3, 0.4) is 0 Å². The lowest BCUT2D eigenvalue weighted by Gasteiger charge is -2.18. The first kappa shape index (κ1) is 13.1. The van der Waals surface area contributed by atoms with Crippen LogP contribution in [0.15, 0.2) is 23.6 Å². The number of thiazole rings is 1. The second kappa shape index (κ2) is 5.66. The first-order chi connectivity index (χ1) is 10.4. The number of benzene rings is 1. The molecule has 1 aliphatic heterocycles. The SMILES string of the molecule is c1cc2c(cc1-c1csc(CNCC3CC3)n1)OCCO2. The molecule has 5 heteroatoms. The second-order valence-electron chi connectivity index (χ2n) is 5.56. The van der Waals surface area contributed by atoms with Gasteiger partial charge in [-0.15, -0.1) is 11.3 Å². The van der Waals surface area contributed by atoms with Crippen LogP contribution in [0.25, 0.3) is 11.3 Å². The fraction of sp³-hybridized carbons (Fsp3) is 0.438. The van der Waals surface area contributed by atoms with Crippen LogP contribution in [0.4, 0.5) is 0 Å². The molecule has 0 spiro atoms. The Morgan fingerprint density at radius 1 is 1.19 bits per heavy atom. The molecule has 2 heterocycles. The van der Waals surface area contributed by atoms with Gasteiger partial charge in [0.1, 0.15) is 18.2 Å². The predicted molar refractivity (Wildman–Crippen MR) is 83.0 cm³/mol. The Bertz CT molecular complexity index is 637. The maximum Gasteiger partial charge on any atom is 0.162 e. The highest BCUT2D eigenvalue weighted by Gasteiger charge is 2.20. The summed E-state index contributed by atoms with van der Waals surface area (Å²) < 4.78 is 11.2. The first-order valence-electron chi connectivity index (χ1n) is 7.43. The minimum atomic E-state index is 0.615. The van der Waals surface area contributed by atoms with Crippen molar-refractivity contribution in [3.63, 3.8) is 0 Å². The molecule has 0 saturated heterocycles. The highest BCUT2D eigenvalue weighted by Crippen LogP contribution is 2.34. The number of ether oxygens (including phenoxy) is 2. The highest BCUT2D eigenvalue weighted by atomic mass is 32.1. The number of fused-ring (bicyclic) bond motifs is 1. The highest BCUT2D eigenvalue weighted by molar-refractivity contribution is 7.09. The van der Waals surface area contributed by atoms with Gasteiger partial charge in [0.15, 0.2) is 11.5 Å². The van der Waals surface area contributed by atoms with Crippen molar-refractivity contribution in [1.29, 1.82) is 0 Å². The molecule has 1 aromatic carbocycles. The molecule has 0 bridgehead atoms. The third kappa shape index (κ3) is 3.04. The molecule has 0 atom stereocenters. The zero-order valence-electron chi connectivity index (χ0n) is 11.8. The van der Waals surface area contributed by atoms with Crippen molar-refractivity contribution in [3.05, 3.63) is 28.6 Å². The van der Waals surface area contributed by atoms with Crippen molar-refractivity contribution >= 4 is 11.3 Å². The van der Waals surface area contributed by atoms with Crippen LogP contribution in [-0.2, 0) is 6.54 Å². The van der Waals surface area contributed by atoms with E-state index in [1.807, 2.05) is 18.2 Å². The van der Waals surface area contributed by atoms with E-state index in [1.165, 1.54) is 12.8 Å². The Morgan fingerprint density at radius 2 is 2.05 bits per heavy atom. The van der Waals surface area contributed by atoms with Crippen LogP contribution >= 0.6 is 11.3 Å². The number of rotatable bonds is 5. The Hall–Kier alpha value is -1.59. The number of aromatic nitrogens is 1. The topological polar surface area (TPSA) is 43.4 Å². The van der Waals surface area contributed by atoms with Crippen LogP contribution in [0, 0.1) is 5.92 Å². The summed E-state index contributed by atoms with van der Waals surface area (Å²) in [4.78, 5) is 4.71. The van der Waals surface area contributed by atoms with Crippen LogP contribution in [0.5, 0.6) is 11.5 Å². The molecule has 1 aliphatic carbocycles. The van der Waals surface area contributed by atoms with Gasteiger partial charge in [-0.2, -0.15) is 0 Å². The summed E-state index contributed by atoms with van der Waals surface area (Å²) in [5.74, 6) is 2.55. The normalized spacial score (nSPS) is 17.0. The molecular formula is C16H18N2O2S. The van der Waals surface area contributed by atoms with Gasteiger partial charge in [0.05, 0.1) is 5.69 Å². The Balaban J connectivity index is 1.46. The molecule has 2 aromatic rings. The molecule has 0 unspecified atom stereocenters. The van der Waals surface area contributed by atoms with Crippen LogP contribution in [-0.4, -0.2) is 24.7 Å². The van der Waals surface area contributed by atoms with E-state index in [0.29, 0.717) is 13.2 Å². The lowest BCUT2D eigenvalue weighted by Crippen LogP contribution is -2.15. The van der Waals surface area contributed by atoms with Gasteiger partial charge < -0.3 is 14.8 Å². The molecule has 1 saturated carbocycles. The Labute approximate surface area is 128 Å². The van der Waals surface area contributed by atoms with Gasteiger partial charge in [-0.05, 0) is 43.5 Å². The van der Waals surface area contributed by atoms with Crippen molar-refractivity contribution in [2.75, 3.05) is 19.8 Å². The molecule has 1 N–H and O–H groups in total. The largest absolute Gasteiger partial charge is 0.486 e. The average molecular weight is 302 g/mol. The Morgan fingerprint density at radius 3 is 2.90 bits per heavy atom. The van der Waals surface area contributed by atoms with Crippen molar-refractivity contribution in [2.24, 2.45) is 5.92 Å². The summed E-state index contributed by atoms with van der Waals surface area (Å²) in [6, 6.07) is 6.03. The maximum absolute atomic E-state index is 5.63. The Kier molecular flexibility index (Phi) is 3.53. The zero-order chi connectivity index (χ0) is 14.1.